The molecule has 0 radical (unpaired) electrons. The third-order valence-electron chi connectivity index (χ3n) is 3.39. The van der Waals surface area contributed by atoms with Gasteiger partial charge in [0, 0.05) is 5.02 Å². The number of rotatable bonds is 4. The first-order chi connectivity index (χ1) is 10.7. The molecule has 2 aromatic carbocycles. The van der Waals surface area contributed by atoms with Crippen molar-refractivity contribution in [2.24, 2.45) is 0 Å². The molecule has 0 fully saturated rings. The van der Waals surface area contributed by atoms with Gasteiger partial charge in [-0.3, -0.25) is 4.79 Å². The van der Waals surface area contributed by atoms with E-state index in [-0.39, 0.29) is 5.97 Å². The fourth-order valence-electron chi connectivity index (χ4n) is 2.41. The predicted octanol–water partition coefficient (Wildman–Crippen LogP) is 3.91. The standard InChI is InChI=1S/C17H15ClN2O2/c1-2-22-17(21)15(11-6-4-3-5-7-11)16-19-13-9-8-12(18)10-14(13)20-16/h3-10,15H,2H2,1H3,(H,19,20). The van der Waals surface area contributed by atoms with Crippen LogP contribution in [0, 0.1) is 0 Å². The Balaban J connectivity index is 2.09. The first-order valence-corrected chi connectivity index (χ1v) is 7.43. The Morgan fingerprint density at radius 3 is 2.77 bits per heavy atom. The van der Waals surface area contributed by atoms with Gasteiger partial charge in [-0.15, -0.1) is 0 Å². The summed E-state index contributed by atoms with van der Waals surface area (Å²) >= 11 is 5.99. The zero-order valence-corrected chi connectivity index (χ0v) is 12.8. The number of nitrogens with one attached hydrogen (secondary N) is 1. The Kier molecular flexibility index (Phi) is 4.11. The van der Waals surface area contributed by atoms with Gasteiger partial charge in [-0.1, -0.05) is 41.9 Å². The maximum Gasteiger partial charge on any atom is 0.321 e. The summed E-state index contributed by atoms with van der Waals surface area (Å²) in [6.45, 7) is 2.12. The normalized spacial score (nSPS) is 12.3. The zero-order chi connectivity index (χ0) is 15.5. The van der Waals surface area contributed by atoms with Crippen molar-refractivity contribution in [1.29, 1.82) is 0 Å². The summed E-state index contributed by atoms with van der Waals surface area (Å²) in [7, 11) is 0. The van der Waals surface area contributed by atoms with Gasteiger partial charge >= 0.3 is 5.97 Å². The van der Waals surface area contributed by atoms with Gasteiger partial charge < -0.3 is 9.72 Å². The van der Waals surface area contributed by atoms with Gasteiger partial charge in [-0.25, -0.2) is 4.98 Å². The number of ether oxygens (including phenoxy) is 1. The number of nitrogens with zero attached hydrogens (tertiary/aromatic N) is 1. The Bertz CT molecular complexity index is 799. The summed E-state index contributed by atoms with van der Waals surface area (Å²) in [6.07, 6.45) is 0. The molecule has 1 aromatic heterocycles. The molecule has 1 N–H and O–H groups in total. The summed E-state index contributed by atoms with van der Waals surface area (Å²) in [4.78, 5) is 20.1. The smallest absolute Gasteiger partial charge is 0.321 e. The van der Waals surface area contributed by atoms with Crippen molar-refractivity contribution in [3.8, 4) is 0 Å². The van der Waals surface area contributed by atoms with Crippen LogP contribution in [0.15, 0.2) is 48.5 Å². The van der Waals surface area contributed by atoms with E-state index >= 15 is 0 Å². The van der Waals surface area contributed by atoms with E-state index < -0.39 is 5.92 Å². The average molecular weight is 315 g/mol. The van der Waals surface area contributed by atoms with Crippen LogP contribution < -0.4 is 0 Å². The largest absolute Gasteiger partial charge is 0.465 e. The van der Waals surface area contributed by atoms with Crippen molar-refractivity contribution in [3.05, 3.63) is 64.9 Å². The molecule has 3 aromatic rings. The number of fused-ring (bicyclic) bond motifs is 1. The van der Waals surface area contributed by atoms with Crippen molar-refractivity contribution in [2.45, 2.75) is 12.8 Å². The van der Waals surface area contributed by atoms with Crippen LogP contribution in [-0.4, -0.2) is 22.5 Å². The summed E-state index contributed by atoms with van der Waals surface area (Å²) in [6, 6.07) is 14.9. The van der Waals surface area contributed by atoms with Crippen LogP contribution in [0.25, 0.3) is 11.0 Å². The average Bonchev–Trinajstić information content (AvgIpc) is 2.91. The summed E-state index contributed by atoms with van der Waals surface area (Å²) in [5, 5.41) is 0.609. The number of hydrogen-bond acceptors (Lipinski definition) is 3. The van der Waals surface area contributed by atoms with Crippen molar-refractivity contribution in [1.82, 2.24) is 9.97 Å². The second-order valence-corrected chi connectivity index (χ2v) is 5.32. The summed E-state index contributed by atoms with van der Waals surface area (Å²) < 4.78 is 5.21. The number of esters is 1. The number of benzene rings is 2. The molecule has 4 nitrogen and oxygen atoms in total. The maximum absolute atomic E-state index is 12.4. The van der Waals surface area contributed by atoms with E-state index in [0.717, 1.165) is 16.6 Å². The zero-order valence-electron chi connectivity index (χ0n) is 12.0. The molecule has 0 aliphatic heterocycles. The molecule has 3 rings (SSSR count). The molecular formula is C17H15ClN2O2. The fraction of sp³-hybridized carbons (Fsp3) is 0.176. The molecule has 1 atom stereocenters. The van der Waals surface area contributed by atoms with Gasteiger partial charge in [0.2, 0.25) is 0 Å². The van der Waals surface area contributed by atoms with E-state index in [1.807, 2.05) is 36.4 Å². The molecule has 1 unspecified atom stereocenters. The fourth-order valence-corrected chi connectivity index (χ4v) is 2.58. The first-order valence-electron chi connectivity index (χ1n) is 7.05. The molecule has 0 bridgehead atoms. The van der Waals surface area contributed by atoms with Gasteiger partial charge in [0.15, 0.2) is 0 Å². The molecule has 1 heterocycles. The highest BCUT2D eigenvalue weighted by molar-refractivity contribution is 6.31. The number of halogens is 1. The van der Waals surface area contributed by atoms with Gasteiger partial charge in [0.1, 0.15) is 11.7 Å². The molecule has 0 saturated heterocycles. The Morgan fingerprint density at radius 2 is 2.05 bits per heavy atom. The molecule has 0 saturated carbocycles. The van der Waals surface area contributed by atoms with E-state index in [1.54, 1.807) is 19.1 Å². The molecule has 22 heavy (non-hydrogen) atoms. The first kappa shape index (κ1) is 14.6. The van der Waals surface area contributed by atoms with Gasteiger partial charge in [-0.2, -0.15) is 0 Å². The third kappa shape index (κ3) is 2.83. The van der Waals surface area contributed by atoms with Crippen molar-refractivity contribution in [3.63, 3.8) is 0 Å². The maximum atomic E-state index is 12.4. The highest BCUT2D eigenvalue weighted by Crippen LogP contribution is 2.27. The third-order valence-corrected chi connectivity index (χ3v) is 3.63. The molecule has 0 amide bonds. The van der Waals surface area contributed by atoms with Crippen LogP contribution in [0.3, 0.4) is 0 Å². The van der Waals surface area contributed by atoms with Crippen LogP contribution in [0.4, 0.5) is 0 Å². The van der Waals surface area contributed by atoms with E-state index in [0.29, 0.717) is 17.5 Å². The number of imidazole rings is 1. The molecule has 0 spiro atoms. The second-order valence-electron chi connectivity index (χ2n) is 4.88. The monoisotopic (exact) mass is 314 g/mol. The minimum atomic E-state index is -0.577. The number of carbonyl (C=O) groups is 1. The minimum absolute atomic E-state index is 0.321. The minimum Gasteiger partial charge on any atom is -0.465 e. The Hall–Kier alpha value is -2.33. The van der Waals surface area contributed by atoms with Crippen LogP contribution in [0.5, 0.6) is 0 Å². The van der Waals surface area contributed by atoms with Crippen LogP contribution >= 0.6 is 11.6 Å². The lowest BCUT2D eigenvalue weighted by atomic mass is 9.98. The van der Waals surface area contributed by atoms with E-state index in [4.69, 9.17) is 16.3 Å². The van der Waals surface area contributed by atoms with E-state index in [1.165, 1.54) is 0 Å². The van der Waals surface area contributed by atoms with Gasteiger partial charge in [0.05, 0.1) is 17.6 Å². The van der Waals surface area contributed by atoms with Crippen molar-refractivity contribution >= 4 is 28.6 Å². The highest BCUT2D eigenvalue weighted by Gasteiger charge is 2.27. The van der Waals surface area contributed by atoms with Crippen LogP contribution in [0.2, 0.25) is 5.02 Å². The molecule has 0 aliphatic carbocycles. The number of H-pyrrole nitrogens is 1. The number of aromatic amines is 1. The van der Waals surface area contributed by atoms with Crippen LogP contribution in [-0.2, 0) is 9.53 Å². The molecule has 112 valence electrons. The SMILES string of the molecule is CCOC(=O)C(c1ccccc1)c1nc2cc(Cl)ccc2[nH]1. The Morgan fingerprint density at radius 1 is 1.27 bits per heavy atom. The van der Waals surface area contributed by atoms with E-state index in [2.05, 4.69) is 9.97 Å². The van der Waals surface area contributed by atoms with Crippen LogP contribution in [0.1, 0.15) is 24.2 Å². The van der Waals surface area contributed by atoms with Crippen molar-refractivity contribution < 1.29 is 9.53 Å². The lowest BCUT2D eigenvalue weighted by Crippen LogP contribution is -2.18. The second kappa shape index (κ2) is 6.20. The summed E-state index contributed by atoms with van der Waals surface area (Å²) in [5.74, 6) is -0.340. The topological polar surface area (TPSA) is 55.0 Å². The Labute approximate surface area is 133 Å². The quantitative estimate of drug-likeness (QED) is 0.743. The predicted molar refractivity (Wildman–Crippen MR) is 86.0 cm³/mol. The molecule has 0 aliphatic rings. The lowest BCUT2D eigenvalue weighted by Gasteiger charge is -2.13. The number of carbonyl (C=O) groups excluding carboxylic acids is 1. The number of aromatic nitrogens is 2. The van der Waals surface area contributed by atoms with Gasteiger partial charge in [-0.05, 0) is 30.7 Å². The summed E-state index contributed by atoms with van der Waals surface area (Å²) in [5.41, 5.74) is 2.41. The lowest BCUT2D eigenvalue weighted by molar-refractivity contribution is -0.144. The molecular weight excluding hydrogens is 300 g/mol. The highest BCUT2D eigenvalue weighted by atomic mass is 35.5. The van der Waals surface area contributed by atoms with E-state index in [9.17, 15) is 4.79 Å². The molecule has 5 heteroatoms. The number of hydrogen-bond donors (Lipinski definition) is 1. The van der Waals surface area contributed by atoms with Crippen molar-refractivity contribution in [2.75, 3.05) is 6.61 Å². The van der Waals surface area contributed by atoms with Gasteiger partial charge in [0.25, 0.3) is 0 Å².